The quantitative estimate of drug-likeness (QED) is 0.638. The summed E-state index contributed by atoms with van der Waals surface area (Å²) in [6.45, 7) is 4.59. The van der Waals surface area contributed by atoms with Gasteiger partial charge in [-0.05, 0) is 75.0 Å². The molecule has 1 heterocycles. The van der Waals surface area contributed by atoms with Crippen molar-refractivity contribution in [1.29, 1.82) is 0 Å². The van der Waals surface area contributed by atoms with Crippen molar-refractivity contribution in [2.45, 2.75) is 39.2 Å². The Morgan fingerprint density at radius 1 is 1.07 bits per heavy atom. The molecule has 5 nitrogen and oxygen atoms in total. The molecule has 3 rings (SSSR count). The van der Waals surface area contributed by atoms with Crippen molar-refractivity contribution in [3.63, 3.8) is 0 Å². The number of rotatable bonds is 7. The summed E-state index contributed by atoms with van der Waals surface area (Å²) in [7, 11) is 0. The zero-order chi connectivity index (χ0) is 19.8. The van der Waals surface area contributed by atoms with Gasteiger partial charge in [0.1, 0.15) is 0 Å². The van der Waals surface area contributed by atoms with E-state index in [-0.39, 0.29) is 24.2 Å². The summed E-state index contributed by atoms with van der Waals surface area (Å²) >= 11 is 0. The largest absolute Gasteiger partial charge is 0.352 e. The lowest BCUT2D eigenvalue weighted by Gasteiger charge is -2.22. The highest BCUT2D eigenvalue weighted by Gasteiger charge is 2.14. The fraction of sp³-hybridized carbons (Fsp3) is 0.391. The lowest BCUT2D eigenvalue weighted by Crippen LogP contribution is -2.29. The molecule has 0 bridgehead atoms. The van der Waals surface area contributed by atoms with Gasteiger partial charge < -0.3 is 16.0 Å². The van der Waals surface area contributed by atoms with Gasteiger partial charge in [-0.2, -0.15) is 0 Å². The normalized spacial score (nSPS) is 14.0. The van der Waals surface area contributed by atoms with E-state index in [1.807, 2.05) is 55.5 Å². The van der Waals surface area contributed by atoms with E-state index < -0.39 is 0 Å². The fourth-order valence-corrected chi connectivity index (χ4v) is 3.46. The Morgan fingerprint density at radius 2 is 1.79 bits per heavy atom. The summed E-state index contributed by atoms with van der Waals surface area (Å²) in [6.07, 6.45) is 3.86. The molecule has 2 aromatic carbocycles. The lowest BCUT2D eigenvalue weighted by atomic mass is 9.93. The first-order valence-corrected chi connectivity index (χ1v) is 10.0. The van der Waals surface area contributed by atoms with Gasteiger partial charge in [-0.15, -0.1) is 12.4 Å². The zero-order valence-electron chi connectivity index (χ0n) is 16.9. The van der Waals surface area contributed by atoms with E-state index in [4.69, 9.17) is 0 Å². The van der Waals surface area contributed by atoms with Crippen LogP contribution in [0, 0.1) is 12.8 Å². The van der Waals surface area contributed by atoms with Crippen LogP contribution >= 0.6 is 12.4 Å². The molecule has 0 aromatic heterocycles. The molecular formula is C23H30ClN3O2. The lowest BCUT2D eigenvalue weighted by molar-refractivity contribution is -0.121. The summed E-state index contributed by atoms with van der Waals surface area (Å²) < 4.78 is 0. The van der Waals surface area contributed by atoms with Crippen LogP contribution in [0.2, 0.25) is 0 Å². The predicted molar refractivity (Wildman–Crippen MR) is 119 cm³/mol. The number of hydrogen-bond donors (Lipinski definition) is 3. The Balaban J connectivity index is 0.00000300. The smallest absolute Gasteiger partial charge is 0.255 e. The maximum absolute atomic E-state index is 12.4. The number of aryl methyl sites for hydroxylation is 1. The van der Waals surface area contributed by atoms with Crippen LogP contribution < -0.4 is 16.0 Å². The highest BCUT2D eigenvalue weighted by Crippen LogP contribution is 2.18. The van der Waals surface area contributed by atoms with Crippen LogP contribution in [0.1, 0.15) is 47.2 Å². The van der Waals surface area contributed by atoms with Gasteiger partial charge in [0.25, 0.3) is 5.91 Å². The minimum Gasteiger partial charge on any atom is -0.352 e. The minimum atomic E-state index is -0.136. The van der Waals surface area contributed by atoms with Crippen LogP contribution in [0.3, 0.4) is 0 Å². The third-order valence-electron chi connectivity index (χ3n) is 5.23. The van der Waals surface area contributed by atoms with E-state index in [2.05, 4.69) is 16.0 Å². The number of nitrogens with one attached hydrogen (secondary N) is 3. The minimum absolute atomic E-state index is 0. The first-order valence-electron chi connectivity index (χ1n) is 10.0. The number of hydrogen-bond acceptors (Lipinski definition) is 3. The van der Waals surface area contributed by atoms with Crippen molar-refractivity contribution < 1.29 is 9.59 Å². The maximum Gasteiger partial charge on any atom is 0.255 e. The second kappa shape index (κ2) is 11.6. The van der Waals surface area contributed by atoms with Crippen molar-refractivity contribution in [1.82, 2.24) is 10.6 Å². The number of carbonyl (C=O) groups is 2. The van der Waals surface area contributed by atoms with Crippen LogP contribution in [-0.2, 0) is 11.3 Å². The fourth-order valence-electron chi connectivity index (χ4n) is 3.46. The standard InChI is InChI=1S/C23H29N3O2.ClH/c1-17-5-8-20(9-6-17)23(28)26-21-4-2-3-19(15-21)16-25-22(27)10-7-18-11-13-24-14-12-18;/h2-6,8-9,15,18,24H,7,10-14,16H2,1H3,(H,25,27)(H,26,28);1H. The van der Waals surface area contributed by atoms with Crippen molar-refractivity contribution in [3.05, 3.63) is 65.2 Å². The molecule has 29 heavy (non-hydrogen) atoms. The van der Waals surface area contributed by atoms with Crippen molar-refractivity contribution in [3.8, 4) is 0 Å². The van der Waals surface area contributed by atoms with Gasteiger partial charge in [-0.3, -0.25) is 9.59 Å². The molecule has 1 aliphatic heterocycles. The Kier molecular flexibility index (Phi) is 9.16. The topological polar surface area (TPSA) is 70.2 Å². The highest BCUT2D eigenvalue weighted by molar-refractivity contribution is 6.04. The number of piperidine rings is 1. The molecule has 2 aromatic rings. The number of anilines is 1. The maximum atomic E-state index is 12.4. The van der Waals surface area contributed by atoms with E-state index in [1.165, 1.54) is 0 Å². The zero-order valence-corrected chi connectivity index (χ0v) is 17.7. The van der Waals surface area contributed by atoms with Crippen molar-refractivity contribution in [2.24, 2.45) is 5.92 Å². The van der Waals surface area contributed by atoms with Gasteiger partial charge >= 0.3 is 0 Å². The molecule has 1 saturated heterocycles. The van der Waals surface area contributed by atoms with Gasteiger partial charge in [0.15, 0.2) is 0 Å². The van der Waals surface area contributed by atoms with E-state index in [0.29, 0.717) is 24.4 Å². The molecule has 0 saturated carbocycles. The summed E-state index contributed by atoms with van der Waals surface area (Å²) in [5.74, 6) is 0.614. The third-order valence-corrected chi connectivity index (χ3v) is 5.23. The molecule has 3 N–H and O–H groups in total. The first kappa shape index (κ1) is 22.9. The third kappa shape index (κ3) is 7.52. The molecule has 2 amide bonds. The summed E-state index contributed by atoms with van der Waals surface area (Å²) in [5.41, 5.74) is 3.45. The number of carbonyl (C=O) groups excluding carboxylic acids is 2. The molecule has 0 aliphatic carbocycles. The molecule has 0 spiro atoms. The molecular weight excluding hydrogens is 386 g/mol. The monoisotopic (exact) mass is 415 g/mol. The average molecular weight is 416 g/mol. The SMILES string of the molecule is Cc1ccc(C(=O)Nc2cccc(CNC(=O)CCC3CCNCC3)c2)cc1.Cl. The second-order valence-electron chi connectivity index (χ2n) is 7.53. The molecule has 6 heteroatoms. The van der Waals surface area contributed by atoms with Gasteiger partial charge in [0, 0.05) is 24.2 Å². The Hall–Kier alpha value is -2.37. The molecule has 0 radical (unpaired) electrons. The van der Waals surface area contributed by atoms with Crippen molar-refractivity contribution >= 4 is 29.9 Å². The van der Waals surface area contributed by atoms with Gasteiger partial charge in [0.05, 0.1) is 0 Å². The summed E-state index contributed by atoms with van der Waals surface area (Å²) in [5, 5.41) is 9.26. The molecule has 0 atom stereocenters. The Labute approximate surface area is 179 Å². The van der Waals surface area contributed by atoms with E-state index in [1.54, 1.807) is 0 Å². The van der Waals surface area contributed by atoms with E-state index in [0.717, 1.165) is 49.2 Å². The predicted octanol–water partition coefficient (Wildman–Crippen LogP) is 4.07. The molecule has 156 valence electrons. The number of halogens is 1. The molecule has 0 unspecified atom stereocenters. The molecule has 1 fully saturated rings. The van der Waals surface area contributed by atoms with Gasteiger partial charge in [-0.1, -0.05) is 29.8 Å². The highest BCUT2D eigenvalue weighted by atomic mass is 35.5. The van der Waals surface area contributed by atoms with Crippen LogP contribution in [0.15, 0.2) is 48.5 Å². The summed E-state index contributed by atoms with van der Waals surface area (Å²) in [4.78, 5) is 24.5. The van der Waals surface area contributed by atoms with E-state index >= 15 is 0 Å². The van der Waals surface area contributed by atoms with Gasteiger partial charge in [-0.25, -0.2) is 0 Å². The van der Waals surface area contributed by atoms with Crippen LogP contribution in [0.4, 0.5) is 5.69 Å². The number of benzene rings is 2. The average Bonchev–Trinajstić information content (AvgIpc) is 2.72. The van der Waals surface area contributed by atoms with E-state index in [9.17, 15) is 9.59 Å². The Bertz CT molecular complexity index is 802. The number of amides is 2. The second-order valence-corrected chi connectivity index (χ2v) is 7.53. The Morgan fingerprint density at radius 3 is 2.52 bits per heavy atom. The van der Waals surface area contributed by atoms with Crippen LogP contribution in [0.5, 0.6) is 0 Å². The molecule has 1 aliphatic rings. The summed E-state index contributed by atoms with van der Waals surface area (Å²) in [6, 6.07) is 15.1. The van der Waals surface area contributed by atoms with Crippen LogP contribution in [0.25, 0.3) is 0 Å². The van der Waals surface area contributed by atoms with Gasteiger partial charge in [0.2, 0.25) is 5.91 Å². The van der Waals surface area contributed by atoms with Crippen molar-refractivity contribution in [2.75, 3.05) is 18.4 Å². The first-order chi connectivity index (χ1) is 13.6. The van der Waals surface area contributed by atoms with Crippen LogP contribution in [-0.4, -0.2) is 24.9 Å².